The van der Waals surface area contributed by atoms with Crippen LogP contribution in [0.4, 0.5) is 34.1 Å². The molecule has 20 nitrogen and oxygen atoms in total. The standard InChI is InChI=1S/C10H8N4.2C7H4N2O6/c1-5-11-6-2-9(1)13-14-10-3-7-12-8-4-10;2*10-7(11)4-1-5(8(12)13)3-6(2-4)9(14)15/h1-8H;2*1-3H,(H,10,11). The maximum Gasteiger partial charge on any atom is 0.336 e. The summed E-state index contributed by atoms with van der Waals surface area (Å²) in [5, 5.41) is 66.5. The second kappa shape index (κ2) is 15.6. The number of rotatable bonds is 8. The zero-order valence-corrected chi connectivity index (χ0v) is 21.6. The summed E-state index contributed by atoms with van der Waals surface area (Å²) in [5.41, 5.74) is -1.90. The summed E-state index contributed by atoms with van der Waals surface area (Å²) in [6.45, 7) is 0. The van der Waals surface area contributed by atoms with Crippen LogP contribution in [0.25, 0.3) is 0 Å². The summed E-state index contributed by atoms with van der Waals surface area (Å²) in [4.78, 5) is 66.6. The Balaban J connectivity index is 0.000000230. The van der Waals surface area contributed by atoms with Gasteiger partial charge in [0.1, 0.15) is 0 Å². The van der Waals surface area contributed by atoms with Crippen molar-refractivity contribution in [3.63, 3.8) is 0 Å². The Hall–Kier alpha value is -7.12. The van der Waals surface area contributed by atoms with E-state index in [4.69, 9.17) is 10.2 Å². The highest BCUT2D eigenvalue weighted by Crippen LogP contribution is 2.23. The molecule has 0 fully saturated rings. The minimum Gasteiger partial charge on any atom is -0.478 e. The first kappa shape index (κ1) is 33.1. The molecule has 0 atom stereocenters. The summed E-state index contributed by atoms with van der Waals surface area (Å²) < 4.78 is 0. The van der Waals surface area contributed by atoms with Gasteiger partial charge in [0, 0.05) is 49.1 Å². The first-order valence-electron chi connectivity index (χ1n) is 11.3. The molecule has 4 rings (SSSR count). The van der Waals surface area contributed by atoms with Gasteiger partial charge in [-0.15, -0.1) is 0 Å². The van der Waals surface area contributed by atoms with Gasteiger partial charge < -0.3 is 10.2 Å². The van der Waals surface area contributed by atoms with E-state index >= 15 is 0 Å². The van der Waals surface area contributed by atoms with Crippen molar-refractivity contribution in [1.29, 1.82) is 0 Å². The molecular formula is C24H16N8O12. The Morgan fingerprint density at radius 2 is 0.773 bits per heavy atom. The van der Waals surface area contributed by atoms with Gasteiger partial charge in [0.05, 0.1) is 54.3 Å². The third-order valence-electron chi connectivity index (χ3n) is 4.75. The van der Waals surface area contributed by atoms with E-state index in [1.54, 1.807) is 49.1 Å². The number of nitrogens with zero attached hydrogens (tertiary/aromatic N) is 8. The number of hydrogen-bond donors (Lipinski definition) is 2. The van der Waals surface area contributed by atoms with Crippen LogP contribution in [-0.2, 0) is 0 Å². The number of aromatic nitrogens is 2. The lowest BCUT2D eigenvalue weighted by Crippen LogP contribution is -2.00. The van der Waals surface area contributed by atoms with Crippen LogP contribution < -0.4 is 0 Å². The Morgan fingerprint density at radius 1 is 0.523 bits per heavy atom. The van der Waals surface area contributed by atoms with Gasteiger partial charge in [0.2, 0.25) is 0 Å². The van der Waals surface area contributed by atoms with E-state index < -0.39 is 65.5 Å². The van der Waals surface area contributed by atoms with E-state index in [1.165, 1.54) is 0 Å². The van der Waals surface area contributed by atoms with Crippen molar-refractivity contribution >= 4 is 46.1 Å². The van der Waals surface area contributed by atoms with Gasteiger partial charge in [-0.05, 0) is 24.3 Å². The van der Waals surface area contributed by atoms with Crippen LogP contribution in [0.3, 0.4) is 0 Å². The summed E-state index contributed by atoms with van der Waals surface area (Å²) in [6.07, 6.45) is 6.73. The first-order valence-corrected chi connectivity index (χ1v) is 11.3. The molecule has 2 aromatic heterocycles. The largest absolute Gasteiger partial charge is 0.478 e. The number of aromatic carboxylic acids is 2. The molecule has 44 heavy (non-hydrogen) atoms. The normalized spacial score (nSPS) is 9.91. The van der Waals surface area contributed by atoms with Crippen LogP contribution in [0.15, 0.2) is 95.7 Å². The zero-order chi connectivity index (χ0) is 32.8. The van der Waals surface area contributed by atoms with Crippen LogP contribution in [0.1, 0.15) is 20.7 Å². The van der Waals surface area contributed by atoms with Crippen LogP contribution >= 0.6 is 0 Å². The van der Waals surface area contributed by atoms with E-state index in [9.17, 15) is 50.0 Å². The third kappa shape index (κ3) is 10.5. The average Bonchev–Trinajstić information content (AvgIpc) is 3.01. The Kier molecular flexibility index (Phi) is 11.7. The maximum absolute atomic E-state index is 10.5. The lowest BCUT2D eigenvalue weighted by molar-refractivity contribution is -0.394. The molecule has 0 unspecified atom stereocenters. The number of carboxylic acid groups (broad SMARTS) is 2. The van der Waals surface area contributed by atoms with E-state index in [0.717, 1.165) is 35.6 Å². The fraction of sp³-hybridized carbons (Fsp3) is 0. The molecule has 2 N–H and O–H groups in total. The number of carboxylic acids is 2. The molecule has 0 aliphatic carbocycles. The summed E-state index contributed by atoms with van der Waals surface area (Å²) in [5.74, 6) is -2.91. The van der Waals surface area contributed by atoms with E-state index in [1.807, 2.05) is 0 Å². The second-order valence-corrected chi connectivity index (χ2v) is 7.73. The Bertz CT molecular complexity index is 1450. The molecule has 0 saturated heterocycles. The molecule has 0 bridgehead atoms. The fourth-order valence-corrected chi connectivity index (χ4v) is 2.80. The van der Waals surface area contributed by atoms with Crippen LogP contribution in [0.2, 0.25) is 0 Å². The number of nitro benzene ring substituents is 4. The van der Waals surface area contributed by atoms with Crippen molar-refractivity contribution in [2.75, 3.05) is 0 Å². The van der Waals surface area contributed by atoms with Crippen LogP contribution in [0.5, 0.6) is 0 Å². The predicted molar refractivity (Wildman–Crippen MR) is 146 cm³/mol. The van der Waals surface area contributed by atoms with Gasteiger partial charge >= 0.3 is 11.9 Å². The SMILES string of the molecule is O=C(O)c1cc([N+](=O)[O-])cc([N+](=O)[O-])c1.O=C(O)c1cc([N+](=O)[O-])cc([N+](=O)[O-])c1.c1cc(N=Nc2ccncc2)ccn1. The van der Waals surface area contributed by atoms with Gasteiger partial charge in [0.15, 0.2) is 0 Å². The number of non-ortho nitro benzene ring substituents is 4. The Labute approximate surface area is 243 Å². The van der Waals surface area contributed by atoms with Crippen molar-refractivity contribution in [3.05, 3.63) is 137 Å². The molecule has 20 heteroatoms. The van der Waals surface area contributed by atoms with E-state index in [-0.39, 0.29) is 0 Å². The summed E-state index contributed by atoms with van der Waals surface area (Å²) in [7, 11) is 0. The molecule has 0 spiro atoms. The quantitative estimate of drug-likeness (QED) is 0.146. The minimum absolute atomic E-state index is 0.490. The molecule has 0 amide bonds. The first-order chi connectivity index (χ1) is 20.8. The second-order valence-electron chi connectivity index (χ2n) is 7.73. The maximum atomic E-state index is 10.5. The van der Waals surface area contributed by atoms with Crippen LogP contribution in [-0.4, -0.2) is 51.8 Å². The van der Waals surface area contributed by atoms with Gasteiger partial charge in [-0.3, -0.25) is 50.4 Å². The lowest BCUT2D eigenvalue weighted by atomic mass is 10.2. The van der Waals surface area contributed by atoms with Crippen molar-refractivity contribution in [2.45, 2.75) is 0 Å². The molecule has 2 heterocycles. The van der Waals surface area contributed by atoms with Crippen molar-refractivity contribution < 1.29 is 39.5 Å². The predicted octanol–water partition coefficient (Wildman–Crippen LogP) is 5.29. The number of azo groups is 1. The molecule has 0 aliphatic rings. The van der Waals surface area contributed by atoms with Crippen molar-refractivity contribution in [1.82, 2.24) is 9.97 Å². The molecule has 0 saturated carbocycles. The highest BCUT2D eigenvalue weighted by molar-refractivity contribution is 5.90. The number of nitro groups is 4. The van der Waals surface area contributed by atoms with Crippen LogP contribution in [0, 0.1) is 40.5 Å². The van der Waals surface area contributed by atoms with E-state index in [2.05, 4.69) is 20.2 Å². The average molecular weight is 608 g/mol. The molecule has 2 aromatic carbocycles. The monoisotopic (exact) mass is 608 g/mol. The highest BCUT2D eigenvalue weighted by atomic mass is 16.6. The molecular weight excluding hydrogens is 592 g/mol. The smallest absolute Gasteiger partial charge is 0.336 e. The lowest BCUT2D eigenvalue weighted by Gasteiger charge is -1.96. The van der Waals surface area contributed by atoms with Crippen molar-refractivity contribution in [3.8, 4) is 0 Å². The molecule has 224 valence electrons. The summed E-state index contributed by atoms with van der Waals surface area (Å²) in [6, 6.07) is 11.6. The number of carbonyl (C=O) groups is 2. The van der Waals surface area contributed by atoms with Crippen molar-refractivity contribution in [2.24, 2.45) is 10.2 Å². The topological polar surface area (TPSA) is 298 Å². The number of benzene rings is 2. The number of hydrogen-bond acceptors (Lipinski definition) is 14. The third-order valence-corrected chi connectivity index (χ3v) is 4.75. The highest BCUT2D eigenvalue weighted by Gasteiger charge is 2.20. The van der Waals surface area contributed by atoms with E-state index in [0.29, 0.717) is 12.1 Å². The van der Waals surface area contributed by atoms with Gasteiger partial charge in [-0.1, -0.05) is 0 Å². The fourth-order valence-electron chi connectivity index (χ4n) is 2.80. The Morgan fingerprint density at radius 3 is 0.977 bits per heavy atom. The number of pyridine rings is 2. The van der Waals surface area contributed by atoms with Gasteiger partial charge in [-0.25, -0.2) is 9.59 Å². The zero-order valence-electron chi connectivity index (χ0n) is 21.6. The summed E-state index contributed by atoms with van der Waals surface area (Å²) >= 11 is 0. The molecule has 0 radical (unpaired) electrons. The molecule has 4 aromatic rings. The van der Waals surface area contributed by atoms with Gasteiger partial charge in [-0.2, -0.15) is 10.2 Å². The molecule has 0 aliphatic heterocycles. The van der Waals surface area contributed by atoms with Gasteiger partial charge in [0.25, 0.3) is 22.7 Å². The minimum atomic E-state index is -1.46.